The number of nitriles is 1. The van der Waals surface area contributed by atoms with Gasteiger partial charge < -0.3 is 10.6 Å². The van der Waals surface area contributed by atoms with Gasteiger partial charge in [0, 0.05) is 13.0 Å². The number of anilines is 2. The van der Waals surface area contributed by atoms with Crippen molar-refractivity contribution < 1.29 is 4.79 Å². The number of nitrogens with one attached hydrogen (secondary N) is 1. The van der Waals surface area contributed by atoms with Crippen LogP contribution in [0.2, 0.25) is 0 Å². The topological polar surface area (TPSA) is 125 Å². The number of aromatic nitrogens is 2. The molecular weight excluding hydrogens is 418 g/mol. The van der Waals surface area contributed by atoms with Crippen molar-refractivity contribution in [2.75, 3.05) is 10.6 Å². The molecule has 8 heteroatoms. The highest BCUT2D eigenvalue weighted by atomic mass is 16.2. The second-order valence-corrected chi connectivity index (χ2v) is 7.77. The van der Waals surface area contributed by atoms with Crippen molar-refractivity contribution in [1.29, 1.82) is 5.26 Å². The molecule has 0 bridgehead atoms. The maximum atomic E-state index is 13.3. The maximum Gasteiger partial charge on any atom is 0.330 e. The summed E-state index contributed by atoms with van der Waals surface area (Å²) >= 11 is 0. The molecule has 0 saturated heterocycles. The molecule has 1 aromatic heterocycles. The summed E-state index contributed by atoms with van der Waals surface area (Å²) in [5.74, 6) is -0.305. The second kappa shape index (κ2) is 11.0. The van der Waals surface area contributed by atoms with E-state index in [4.69, 9.17) is 11.0 Å². The number of carbonyl (C=O) groups is 1. The Kier molecular flexibility index (Phi) is 7.82. The molecule has 170 valence electrons. The minimum absolute atomic E-state index is 0.0140. The quantitative estimate of drug-likeness (QED) is 0.524. The fraction of sp³-hybridized carbons (Fsp3) is 0.280. The van der Waals surface area contributed by atoms with Crippen LogP contribution in [0.5, 0.6) is 0 Å². The zero-order valence-electron chi connectivity index (χ0n) is 18.6. The smallest absolute Gasteiger partial charge is 0.330 e. The van der Waals surface area contributed by atoms with Crippen molar-refractivity contribution in [3.8, 4) is 6.07 Å². The lowest BCUT2D eigenvalue weighted by Gasteiger charge is -2.25. The third-order valence-corrected chi connectivity index (χ3v) is 5.41. The highest BCUT2D eigenvalue weighted by Gasteiger charge is 2.24. The minimum atomic E-state index is -0.687. The first-order valence-corrected chi connectivity index (χ1v) is 10.9. The van der Waals surface area contributed by atoms with Gasteiger partial charge >= 0.3 is 5.69 Å². The van der Waals surface area contributed by atoms with E-state index in [-0.39, 0.29) is 30.4 Å². The molecular formula is C25H27N5O3. The normalized spacial score (nSPS) is 10.5. The first-order chi connectivity index (χ1) is 15.9. The number of hydrogen-bond donors (Lipinski definition) is 2. The van der Waals surface area contributed by atoms with E-state index in [0.29, 0.717) is 24.9 Å². The van der Waals surface area contributed by atoms with E-state index in [0.717, 1.165) is 17.5 Å². The molecule has 33 heavy (non-hydrogen) atoms. The van der Waals surface area contributed by atoms with Crippen LogP contribution in [-0.4, -0.2) is 15.5 Å². The summed E-state index contributed by atoms with van der Waals surface area (Å²) in [4.78, 5) is 42.1. The van der Waals surface area contributed by atoms with Gasteiger partial charge in [-0.15, -0.1) is 0 Å². The summed E-state index contributed by atoms with van der Waals surface area (Å²) in [5, 5.41) is 8.95. The van der Waals surface area contributed by atoms with Crippen LogP contribution in [0.3, 0.4) is 0 Å². The molecule has 3 rings (SSSR count). The molecule has 0 spiro atoms. The van der Waals surface area contributed by atoms with Crippen LogP contribution in [-0.2, 0) is 24.3 Å². The predicted octanol–water partition coefficient (Wildman–Crippen LogP) is 2.96. The summed E-state index contributed by atoms with van der Waals surface area (Å²) in [7, 11) is 0. The van der Waals surface area contributed by atoms with Crippen LogP contribution >= 0.6 is 0 Å². The Bertz CT molecular complexity index is 1250. The zero-order valence-corrected chi connectivity index (χ0v) is 18.6. The minimum Gasteiger partial charge on any atom is -0.383 e. The molecule has 3 N–H and O–H groups in total. The Morgan fingerprint density at radius 3 is 2.42 bits per heavy atom. The lowest BCUT2D eigenvalue weighted by Crippen LogP contribution is -2.41. The van der Waals surface area contributed by atoms with E-state index in [2.05, 4.69) is 11.1 Å². The molecule has 0 unspecified atom stereocenters. The molecule has 0 aliphatic heterocycles. The number of H-pyrrole nitrogens is 1. The Hall–Kier alpha value is -4.12. The number of rotatable bonds is 9. The largest absolute Gasteiger partial charge is 0.383 e. The first-order valence-electron chi connectivity index (χ1n) is 10.9. The number of benzene rings is 2. The number of aryl methyl sites for hydroxylation is 1. The number of amides is 1. The number of carbonyl (C=O) groups excluding carboxylic acids is 1. The van der Waals surface area contributed by atoms with Gasteiger partial charge in [-0.2, -0.15) is 5.26 Å². The molecule has 1 heterocycles. The van der Waals surface area contributed by atoms with E-state index >= 15 is 0 Å². The lowest BCUT2D eigenvalue weighted by atomic mass is 10.1. The number of nitrogens with two attached hydrogens (primary N) is 1. The van der Waals surface area contributed by atoms with Crippen molar-refractivity contribution >= 4 is 17.4 Å². The Morgan fingerprint density at radius 2 is 1.79 bits per heavy atom. The van der Waals surface area contributed by atoms with Crippen LogP contribution in [0.25, 0.3) is 0 Å². The summed E-state index contributed by atoms with van der Waals surface area (Å²) in [6.07, 6.45) is 2.12. The van der Waals surface area contributed by atoms with Gasteiger partial charge in [0.05, 0.1) is 18.2 Å². The van der Waals surface area contributed by atoms with Crippen molar-refractivity contribution in [2.45, 2.75) is 45.7 Å². The lowest BCUT2D eigenvalue weighted by molar-refractivity contribution is -0.118. The summed E-state index contributed by atoms with van der Waals surface area (Å²) in [6, 6.07) is 18.4. The monoisotopic (exact) mass is 445 g/mol. The van der Waals surface area contributed by atoms with Gasteiger partial charge in [-0.3, -0.25) is 19.1 Å². The maximum absolute atomic E-state index is 13.3. The van der Waals surface area contributed by atoms with Crippen molar-refractivity contribution in [2.24, 2.45) is 0 Å². The standard InChI is InChI=1S/C25H27N5O3/c1-2-3-15-29-23(27)22(24(32)28-25(29)33)30(17-20-7-5-4-6-8-20)21(31)14-13-18-9-11-19(16-26)12-10-18/h4-12H,2-3,13-15,17,27H2,1H3,(H,28,32,33). The third kappa shape index (κ3) is 5.77. The second-order valence-electron chi connectivity index (χ2n) is 7.77. The number of unbranched alkanes of at least 4 members (excludes halogenated alkanes) is 1. The highest BCUT2D eigenvalue weighted by Crippen LogP contribution is 2.21. The van der Waals surface area contributed by atoms with Gasteiger partial charge in [-0.1, -0.05) is 55.8 Å². The molecule has 0 aliphatic carbocycles. The first kappa shape index (κ1) is 23.5. The highest BCUT2D eigenvalue weighted by molar-refractivity contribution is 5.95. The summed E-state index contributed by atoms with van der Waals surface area (Å²) < 4.78 is 1.31. The van der Waals surface area contributed by atoms with E-state index < -0.39 is 11.2 Å². The molecule has 2 aromatic carbocycles. The van der Waals surface area contributed by atoms with Crippen molar-refractivity contribution in [1.82, 2.24) is 9.55 Å². The van der Waals surface area contributed by atoms with Gasteiger partial charge in [0.2, 0.25) is 5.91 Å². The number of nitrogen functional groups attached to an aromatic ring is 1. The van der Waals surface area contributed by atoms with Gasteiger partial charge in [-0.05, 0) is 36.1 Å². The average molecular weight is 446 g/mol. The van der Waals surface area contributed by atoms with Crippen LogP contribution in [0.4, 0.5) is 11.5 Å². The van der Waals surface area contributed by atoms with Crippen molar-refractivity contribution in [3.63, 3.8) is 0 Å². The van der Waals surface area contributed by atoms with E-state index in [9.17, 15) is 14.4 Å². The van der Waals surface area contributed by atoms with Gasteiger partial charge in [-0.25, -0.2) is 4.79 Å². The van der Waals surface area contributed by atoms with Crippen LogP contribution in [0.1, 0.15) is 42.9 Å². The Morgan fingerprint density at radius 1 is 1.09 bits per heavy atom. The SMILES string of the molecule is CCCCn1c(N)c(N(Cc2ccccc2)C(=O)CCc2ccc(C#N)cc2)c(=O)[nH]c1=O. The molecule has 0 aliphatic rings. The molecule has 0 atom stereocenters. The number of aromatic amines is 1. The van der Waals surface area contributed by atoms with E-state index in [1.807, 2.05) is 37.3 Å². The average Bonchev–Trinajstić information content (AvgIpc) is 2.82. The van der Waals surface area contributed by atoms with Gasteiger partial charge in [0.25, 0.3) is 5.56 Å². The van der Waals surface area contributed by atoms with Gasteiger partial charge in [0.15, 0.2) is 5.69 Å². The third-order valence-electron chi connectivity index (χ3n) is 5.41. The number of hydrogen-bond acceptors (Lipinski definition) is 5. The zero-order chi connectivity index (χ0) is 23.8. The molecule has 0 radical (unpaired) electrons. The Labute approximate surface area is 191 Å². The fourth-order valence-electron chi connectivity index (χ4n) is 3.57. The molecule has 3 aromatic rings. The summed E-state index contributed by atoms with van der Waals surface area (Å²) in [5.41, 5.74) is 7.26. The van der Waals surface area contributed by atoms with Crippen LogP contribution < -0.4 is 21.9 Å². The molecule has 1 amide bonds. The van der Waals surface area contributed by atoms with Crippen LogP contribution in [0.15, 0.2) is 64.2 Å². The molecule has 0 fully saturated rings. The van der Waals surface area contributed by atoms with Crippen molar-refractivity contribution in [3.05, 3.63) is 92.1 Å². The van der Waals surface area contributed by atoms with Gasteiger partial charge in [0.1, 0.15) is 5.82 Å². The Balaban J connectivity index is 1.95. The van der Waals surface area contributed by atoms with Crippen LogP contribution in [0, 0.1) is 11.3 Å². The predicted molar refractivity (Wildman–Crippen MR) is 128 cm³/mol. The van der Waals surface area contributed by atoms with E-state index in [1.165, 1.54) is 9.47 Å². The molecule has 0 saturated carbocycles. The fourth-order valence-corrected chi connectivity index (χ4v) is 3.57. The number of nitrogens with zero attached hydrogens (tertiary/aromatic N) is 3. The molecule has 8 nitrogen and oxygen atoms in total. The summed E-state index contributed by atoms with van der Waals surface area (Å²) in [6.45, 7) is 2.48. The van der Waals surface area contributed by atoms with E-state index in [1.54, 1.807) is 24.3 Å².